The van der Waals surface area contributed by atoms with Crippen molar-refractivity contribution >= 4 is 5.97 Å². The minimum atomic E-state index is -0.516. The van der Waals surface area contributed by atoms with Gasteiger partial charge in [-0.05, 0) is 26.7 Å². The van der Waals surface area contributed by atoms with Crippen LogP contribution < -0.4 is 0 Å². The Morgan fingerprint density at radius 3 is 2.81 bits per heavy atom. The van der Waals surface area contributed by atoms with Gasteiger partial charge in [0.25, 0.3) is 0 Å². The Hall–Kier alpha value is -1.05. The minimum Gasteiger partial charge on any atom is -0.449 e. The summed E-state index contributed by atoms with van der Waals surface area (Å²) in [5.74, 6) is 1.57. The number of esters is 1. The van der Waals surface area contributed by atoms with Gasteiger partial charge in [-0.2, -0.15) is 0 Å². The van der Waals surface area contributed by atoms with Gasteiger partial charge in [0.15, 0.2) is 11.9 Å². The second-order valence-corrected chi connectivity index (χ2v) is 4.29. The van der Waals surface area contributed by atoms with Crippen molar-refractivity contribution in [3.8, 4) is 12.3 Å². The molecule has 0 radical (unpaired) electrons. The van der Waals surface area contributed by atoms with Crippen LogP contribution in [0.5, 0.6) is 0 Å². The summed E-state index contributed by atoms with van der Waals surface area (Å²) in [6.45, 7) is 5.66. The molecule has 16 heavy (non-hydrogen) atoms. The molecule has 0 aliphatic carbocycles. The first kappa shape index (κ1) is 13.0. The largest absolute Gasteiger partial charge is 0.449 e. The van der Waals surface area contributed by atoms with E-state index in [4.69, 9.17) is 20.6 Å². The highest BCUT2D eigenvalue weighted by atomic mass is 16.7. The molecule has 1 heterocycles. The fraction of sp³-hybridized carbons (Fsp3) is 0.750. The summed E-state index contributed by atoms with van der Waals surface area (Å²) < 4.78 is 16.0. The maximum atomic E-state index is 10.7. The molecule has 1 rings (SSSR count). The van der Waals surface area contributed by atoms with Gasteiger partial charge in [-0.15, -0.1) is 6.42 Å². The Kier molecular flexibility index (Phi) is 4.34. The van der Waals surface area contributed by atoms with Gasteiger partial charge in [-0.1, -0.05) is 5.92 Å². The molecule has 0 aromatic heterocycles. The van der Waals surface area contributed by atoms with Gasteiger partial charge >= 0.3 is 5.97 Å². The van der Waals surface area contributed by atoms with Crippen LogP contribution in [0.2, 0.25) is 0 Å². The Labute approximate surface area is 96.2 Å². The van der Waals surface area contributed by atoms with Crippen molar-refractivity contribution in [2.75, 3.05) is 6.61 Å². The topological polar surface area (TPSA) is 44.8 Å². The maximum absolute atomic E-state index is 10.7. The van der Waals surface area contributed by atoms with Crippen LogP contribution in [0.3, 0.4) is 0 Å². The van der Waals surface area contributed by atoms with Crippen LogP contribution in [-0.4, -0.2) is 30.6 Å². The van der Waals surface area contributed by atoms with E-state index in [1.54, 1.807) is 0 Å². The predicted octanol–water partition coefficient (Wildman–Crippen LogP) is 1.48. The van der Waals surface area contributed by atoms with Gasteiger partial charge in [-0.3, -0.25) is 4.79 Å². The van der Waals surface area contributed by atoms with Gasteiger partial charge in [0, 0.05) is 6.92 Å². The maximum Gasteiger partial charge on any atom is 0.303 e. The Morgan fingerprint density at radius 2 is 2.38 bits per heavy atom. The van der Waals surface area contributed by atoms with Crippen LogP contribution in [0, 0.1) is 12.3 Å². The highest BCUT2D eigenvalue weighted by molar-refractivity contribution is 5.66. The normalized spacial score (nSPS) is 24.8. The van der Waals surface area contributed by atoms with E-state index in [0.717, 1.165) is 6.42 Å². The summed E-state index contributed by atoms with van der Waals surface area (Å²) >= 11 is 0. The summed E-state index contributed by atoms with van der Waals surface area (Å²) in [5.41, 5.74) is 0. The number of rotatable bonds is 4. The number of hydrogen-bond donors (Lipinski definition) is 0. The summed E-state index contributed by atoms with van der Waals surface area (Å²) in [5, 5.41) is 0. The number of carbonyl (C=O) groups excluding carboxylic acids is 1. The minimum absolute atomic E-state index is 0.0291. The van der Waals surface area contributed by atoms with Crippen molar-refractivity contribution < 1.29 is 19.0 Å². The molecule has 4 nitrogen and oxygen atoms in total. The summed E-state index contributed by atoms with van der Waals surface area (Å²) in [6.07, 6.45) is 6.15. The van der Waals surface area contributed by atoms with Crippen LogP contribution in [-0.2, 0) is 19.0 Å². The van der Waals surface area contributed by atoms with Crippen LogP contribution in [0.4, 0.5) is 0 Å². The summed E-state index contributed by atoms with van der Waals surface area (Å²) in [6, 6.07) is 0. The molecule has 0 saturated carbocycles. The van der Waals surface area contributed by atoms with Crippen molar-refractivity contribution in [3.63, 3.8) is 0 Å². The van der Waals surface area contributed by atoms with Gasteiger partial charge in [0.05, 0.1) is 12.7 Å². The zero-order chi connectivity index (χ0) is 12.2. The lowest BCUT2D eigenvalue weighted by molar-refractivity contribution is -0.146. The van der Waals surface area contributed by atoms with E-state index in [1.807, 2.05) is 13.8 Å². The second-order valence-electron chi connectivity index (χ2n) is 4.29. The molecule has 1 fully saturated rings. The lowest BCUT2D eigenvalue weighted by Gasteiger charge is -2.17. The Balaban J connectivity index is 2.29. The van der Waals surface area contributed by atoms with E-state index in [1.165, 1.54) is 6.92 Å². The first-order valence-corrected chi connectivity index (χ1v) is 5.38. The SMILES string of the molecule is C#C[C@H](CC[C@@H]1COC(C)(C)O1)OC(C)=O. The molecule has 1 aliphatic heterocycles. The molecule has 0 aromatic carbocycles. The highest BCUT2D eigenvalue weighted by Crippen LogP contribution is 2.25. The van der Waals surface area contributed by atoms with E-state index in [-0.39, 0.29) is 12.1 Å². The molecule has 0 spiro atoms. The third kappa shape index (κ3) is 4.21. The first-order chi connectivity index (χ1) is 7.43. The molecule has 0 unspecified atom stereocenters. The molecule has 1 saturated heterocycles. The number of hydrogen-bond acceptors (Lipinski definition) is 4. The average Bonchev–Trinajstić information content (AvgIpc) is 2.52. The van der Waals surface area contributed by atoms with Crippen LogP contribution in [0.25, 0.3) is 0 Å². The number of carbonyl (C=O) groups is 1. The highest BCUT2D eigenvalue weighted by Gasteiger charge is 2.32. The zero-order valence-electron chi connectivity index (χ0n) is 9.99. The number of ether oxygens (including phenoxy) is 3. The Morgan fingerprint density at radius 1 is 1.69 bits per heavy atom. The van der Waals surface area contributed by atoms with Crippen molar-refractivity contribution in [1.29, 1.82) is 0 Å². The molecule has 4 heteroatoms. The summed E-state index contributed by atoms with van der Waals surface area (Å²) in [4.78, 5) is 10.7. The van der Waals surface area contributed by atoms with Crippen LogP contribution in [0.1, 0.15) is 33.6 Å². The van der Waals surface area contributed by atoms with E-state index in [0.29, 0.717) is 13.0 Å². The fourth-order valence-electron chi connectivity index (χ4n) is 1.62. The van der Waals surface area contributed by atoms with Crippen molar-refractivity contribution in [2.45, 2.75) is 51.6 Å². The standard InChI is InChI=1S/C12H18O4/c1-5-10(15-9(2)13)6-7-11-8-14-12(3,4)16-11/h1,10-11H,6-8H2,2-4H3/t10-,11-/m1/s1. The van der Waals surface area contributed by atoms with Gasteiger partial charge < -0.3 is 14.2 Å². The molecule has 0 aromatic rings. The van der Waals surface area contributed by atoms with E-state index < -0.39 is 11.9 Å². The van der Waals surface area contributed by atoms with Crippen molar-refractivity contribution in [2.24, 2.45) is 0 Å². The lowest BCUT2D eigenvalue weighted by Crippen LogP contribution is -2.22. The smallest absolute Gasteiger partial charge is 0.303 e. The summed E-state index contributed by atoms with van der Waals surface area (Å²) in [7, 11) is 0. The molecule has 2 atom stereocenters. The molecule has 90 valence electrons. The monoisotopic (exact) mass is 226 g/mol. The van der Waals surface area contributed by atoms with E-state index in [9.17, 15) is 4.79 Å². The predicted molar refractivity (Wildman–Crippen MR) is 58.5 cm³/mol. The van der Waals surface area contributed by atoms with Crippen LogP contribution >= 0.6 is 0 Å². The first-order valence-electron chi connectivity index (χ1n) is 5.38. The third-order valence-electron chi connectivity index (χ3n) is 2.31. The van der Waals surface area contributed by atoms with Crippen molar-refractivity contribution in [3.05, 3.63) is 0 Å². The van der Waals surface area contributed by atoms with Crippen LogP contribution in [0.15, 0.2) is 0 Å². The van der Waals surface area contributed by atoms with Crippen molar-refractivity contribution in [1.82, 2.24) is 0 Å². The van der Waals surface area contributed by atoms with Gasteiger partial charge in [-0.25, -0.2) is 0 Å². The second kappa shape index (κ2) is 5.33. The molecular weight excluding hydrogens is 208 g/mol. The van der Waals surface area contributed by atoms with E-state index in [2.05, 4.69) is 5.92 Å². The van der Waals surface area contributed by atoms with Gasteiger partial charge in [0.1, 0.15) is 0 Å². The number of terminal acetylenes is 1. The molecule has 0 bridgehead atoms. The quantitative estimate of drug-likeness (QED) is 0.538. The fourth-order valence-corrected chi connectivity index (χ4v) is 1.62. The molecule has 1 aliphatic rings. The zero-order valence-corrected chi connectivity index (χ0v) is 9.99. The van der Waals surface area contributed by atoms with E-state index >= 15 is 0 Å². The molecule has 0 N–H and O–H groups in total. The molecule has 0 amide bonds. The lowest BCUT2D eigenvalue weighted by atomic mass is 10.1. The van der Waals surface area contributed by atoms with Gasteiger partial charge in [0.2, 0.25) is 0 Å². The average molecular weight is 226 g/mol. The third-order valence-corrected chi connectivity index (χ3v) is 2.31. The Bertz CT molecular complexity index is 290. The molecular formula is C12H18O4.